The van der Waals surface area contributed by atoms with Crippen molar-refractivity contribution in [3.8, 4) is 0 Å². The number of amides is 1. The first kappa shape index (κ1) is 16.7. The largest absolute Gasteiger partial charge is 0.330 e. The zero-order valence-electron chi connectivity index (χ0n) is 13.7. The van der Waals surface area contributed by atoms with Gasteiger partial charge in [-0.1, -0.05) is 27.7 Å². The number of carbonyl (C=O) groups excluding carboxylic acids is 1. The molecule has 0 saturated carbocycles. The highest BCUT2D eigenvalue weighted by atomic mass is 16.2. The summed E-state index contributed by atoms with van der Waals surface area (Å²) in [6.45, 7) is 14.7. The number of aromatic nitrogens is 2. The molecule has 1 unspecified atom stereocenters. The van der Waals surface area contributed by atoms with E-state index in [1.54, 1.807) is 0 Å². The van der Waals surface area contributed by atoms with Gasteiger partial charge in [0.2, 0.25) is 5.91 Å². The summed E-state index contributed by atoms with van der Waals surface area (Å²) in [6, 6.07) is 1.95. The summed E-state index contributed by atoms with van der Waals surface area (Å²) in [5, 5.41) is 7.60. The van der Waals surface area contributed by atoms with E-state index in [4.69, 9.17) is 5.73 Å². The average molecular weight is 280 g/mol. The van der Waals surface area contributed by atoms with Gasteiger partial charge in [-0.05, 0) is 20.8 Å². The molecule has 1 aromatic heterocycles. The van der Waals surface area contributed by atoms with E-state index < -0.39 is 0 Å². The lowest BCUT2D eigenvalue weighted by Gasteiger charge is -2.23. The number of nitrogens with two attached hydrogens (primary N) is 1. The van der Waals surface area contributed by atoms with Gasteiger partial charge in [-0.3, -0.25) is 4.79 Å². The Hall–Kier alpha value is -1.36. The molecule has 1 aromatic rings. The summed E-state index contributed by atoms with van der Waals surface area (Å²) in [6.07, 6.45) is 0. The molecule has 0 aromatic carbocycles. The maximum Gasteiger partial charge on any atom is 0.229 e. The molecule has 20 heavy (non-hydrogen) atoms. The summed E-state index contributed by atoms with van der Waals surface area (Å²) in [5.74, 6) is 0.447. The monoisotopic (exact) mass is 280 g/mol. The molecule has 0 aliphatic rings. The number of nitrogens with one attached hydrogen (secondary N) is 1. The second kappa shape index (κ2) is 5.56. The van der Waals surface area contributed by atoms with E-state index in [1.807, 2.05) is 17.7 Å². The number of anilines is 1. The van der Waals surface area contributed by atoms with E-state index in [0.717, 1.165) is 11.5 Å². The SMILES string of the molecule is CC(CN)C(=O)Nc1cc(C(C)(C)C)nn1C(C)(C)C. The van der Waals surface area contributed by atoms with Gasteiger partial charge in [0.05, 0.1) is 11.2 Å². The van der Waals surface area contributed by atoms with Crippen LogP contribution in [0.1, 0.15) is 54.2 Å². The lowest BCUT2D eigenvalue weighted by molar-refractivity contribution is -0.119. The second-order valence-electron chi connectivity index (χ2n) is 7.37. The molecule has 0 radical (unpaired) electrons. The van der Waals surface area contributed by atoms with Crippen molar-refractivity contribution in [1.29, 1.82) is 0 Å². The predicted molar refractivity (Wildman–Crippen MR) is 82.8 cm³/mol. The molecule has 0 saturated heterocycles. The van der Waals surface area contributed by atoms with Gasteiger partial charge in [0.1, 0.15) is 5.82 Å². The van der Waals surface area contributed by atoms with Gasteiger partial charge in [0.15, 0.2) is 0 Å². The summed E-state index contributed by atoms with van der Waals surface area (Å²) >= 11 is 0. The van der Waals surface area contributed by atoms with Gasteiger partial charge in [-0.25, -0.2) is 4.68 Å². The summed E-state index contributed by atoms with van der Waals surface area (Å²) in [7, 11) is 0. The molecular weight excluding hydrogens is 252 g/mol. The van der Waals surface area contributed by atoms with E-state index in [2.05, 4.69) is 52.0 Å². The molecule has 3 N–H and O–H groups in total. The Morgan fingerprint density at radius 2 is 1.90 bits per heavy atom. The molecule has 1 heterocycles. The second-order valence-corrected chi connectivity index (χ2v) is 7.37. The highest BCUT2D eigenvalue weighted by molar-refractivity contribution is 5.91. The number of hydrogen-bond acceptors (Lipinski definition) is 3. The minimum absolute atomic E-state index is 0.0601. The number of rotatable bonds is 3. The normalized spacial score (nSPS) is 14.2. The number of nitrogens with zero attached hydrogens (tertiary/aromatic N) is 2. The van der Waals surface area contributed by atoms with Crippen LogP contribution < -0.4 is 11.1 Å². The highest BCUT2D eigenvalue weighted by Crippen LogP contribution is 2.28. The lowest BCUT2D eigenvalue weighted by atomic mass is 9.92. The summed E-state index contributed by atoms with van der Waals surface area (Å²) < 4.78 is 1.87. The van der Waals surface area contributed by atoms with Crippen LogP contribution in [0.15, 0.2) is 6.07 Å². The molecule has 0 fully saturated rings. The fraction of sp³-hybridized carbons (Fsp3) is 0.733. The standard InChI is InChI=1S/C15H28N4O/c1-10(9-16)13(20)17-12-8-11(14(2,3)4)18-19(12)15(5,6)7/h8,10H,9,16H2,1-7H3,(H,17,20). The molecule has 1 amide bonds. The van der Waals surface area contributed by atoms with Crippen molar-refractivity contribution >= 4 is 11.7 Å². The first-order valence-electron chi connectivity index (χ1n) is 7.08. The Balaban J connectivity index is 3.17. The molecule has 1 atom stereocenters. The topological polar surface area (TPSA) is 72.9 Å². The average Bonchev–Trinajstić information content (AvgIpc) is 2.71. The van der Waals surface area contributed by atoms with E-state index in [1.165, 1.54) is 0 Å². The highest BCUT2D eigenvalue weighted by Gasteiger charge is 2.26. The fourth-order valence-corrected chi connectivity index (χ4v) is 1.70. The maximum absolute atomic E-state index is 12.0. The molecule has 0 aliphatic carbocycles. The smallest absolute Gasteiger partial charge is 0.229 e. The van der Waals surface area contributed by atoms with Crippen LogP contribution in [0.5, 0.6) is 0 Å². The van der Waals surface area contributed by atoms with Crippen molar-refractivity contribution < 1.29 is 4.79 Å². The Morgan fingerprint density at radius 1 is 1.35 bits per heavy atom. The predicted octanol–water partition coefficient (Wildman–Crippen LogP) is 2.47. The van der Waals surface area contributed by atoms with Gasteiger partial charge in [-0.2, -0.15) is 5.10 Å². The van der Waals surface area contributed by atoms with Crippen molar-refractivity contribution in [2.75, 3.05) is 11.9 Å². The van der Waals surface area contributed by atoms with Crippen molar-refractivity contribution in [3.05, 3.63) is 11.8 Å². The van der Waals surface area contributed by atoms with Crippen LogP contribution in [0.25, 0.3) is 0 Å². The van der Waals surface area contributed by atoms with Crippen LogP contribution in [0.3, 0.4) is 0 Å². The van der Waals surface area contributed by atoms with Gasteiger partial charge in [0, 0.05) is 23.9 Å². The van der Waals surface area contributed by atoms with E-state index in [9.17, 15) is 4.79 Å². The molecule has 0 spiro atoms. The van der Waals surface area contributed by atoms with Gasteiger partial charge >= 0.3 is 0 Å². The minimum Gasteiger partial charge on any atom is -0.330 e. The first-order chi connectivity index (χ1) is 8.96. The van der Waals surface area contributed by atoms with Gasteiger partial charge in [0.25, 0.3) is 0 Å². The first-order valence-corrected chi connectivity index (χ1v) is 7.08. The van der Waals surface area contributed by atoms with Crippen LogP contribution in [-0.2, 0) is 15.7 Å². The van der Waals surface area contributed by atoms with Gasteiger partial charge < -0.3 is 11.1 Å². The third kappa shape index (κ3) is 3.82. The van der Waals surface area contributed by atoms with Crippen molar-refractivity contribution in [2.45, 2.75) is 59.4 Å². The third-order valence-electron chi connectivity index (χ3n) is 3.17. The fourth-order valence-electron chi connectivity index (χ4n) is 1.70. The van der Waals surface area contributed by atoms with E-state index in [0.29, 0.717) is 6.54 Å². The number of hydrogen-bond donors (Lipinski definition) is 2. The lowest BCUT2D eigenvalue weighted by Crippen LogP contribution is -2.31. The van der Waals surface area contributed by atoms with Gasteiger partial charge in [-0.15, -0.1) is 0 Å². The molecule has 114 valence electrons. The van der Waals surface area contributed by atoms with Crippen molar-refractivity contribution in [3.63, 3.8) is 0 Å². The quantitative estimate of drug-likeness (QED) is 0.893. The van der Waals surface area contributed by atoms with Crippen LogP contribution >= 0.6 is 0 Å². The Kier molecular flexibility index (Phi) is 4.64. The van der Waals surface area contributed by atoms with E-state index >= 15 is 0 Å². The van der Waals surface area contributed by atoms with E-state index in [-0.39, 0.29) is 22.8 Å². The minimum atomic E-state index is -0.212. The van der Waals surface area contributed by atoms with Crippen LogP contribution in [0.2, 0.25) is 0 Å². The molecule has 0 aliphatic heterocycles. The zero-order chi connectivity index (χ0) is 15.7. The van der Waals surface area contributed by atoms with Crippen molar-refractivity contribution in [1.82, 2.24) is 9.78 Å². The van der Waals surface area contributed by atoms with Crippen LogP contribution in [0, 0.1) is 5.92 Å². The maximum atomic E-state index is 12.0. The third-order valence-corrected chi connectivity index (χ3v) is 3.17. The molecule has 1 rings (SSSR count). The molecule has 5 heteroatoms. The molecular formula is C15H28N4O. The Labute approximate surface area is 121 Å². The van der Waals surface area contributed by atoms with Crippen molar-refractivity contribution in [2.24, 2.45) is 11.7 Å². The molecule has 5 nitrogen and oxygen atoms in total. The Bertz CT molecular complexity index is 477. The number of carbonyl (C=O) groups is 1. The molecule has 0 bridgehead atoms. The van der Waals surface area contributed by atoms with Crippen LogP contribution in [0.4, 0.5) is 5.82 Å². The Morgan fingerprint density at radius 3 is 2.30 bits per heavy atom. The summed E-state index contributed by atoms with van der Waals surface area (Å²) in [4.78, 5) is 12.0. The van der Waals surface area contributed by atoms with Crippen LogP contribution in [-0.4, -0.2) is 22.2 Å². The zero-order valence-corrected chi connectivity index (χ0v) is 13.7. The summed E-state index contributed by atoms with van der Waals surface area (Å²) in [5.41, 5.74) is 6.25.